The van der Waals surface area contributed by atoms with Gasteiger partial charge in [-0.2, -0.15) is 0 Å². The zero-order chi connectivity index (χ0) is 11.6. The second-order valence-electron chi connectivity index (χ2n) is 3.41. The van der Waals surface area contributed by atoms with E-state index in [0.29, 0.717) is 0 Å². The molecule has 0 aromatic heterocycles. The Hall–Kier alpha value is -0.870. The molecule has 0 aliphatic heterocycles. The molecule has 0 aliphatic carbocycles. The van der Waals surface area contributed by atoms with Crippen LogP contribution in [-0.4, -0.2) is 13.1 Å². The molecular weight excluding hydrogens is 258 g/mol. The van der Waals surface area contributed by atoms with Gasteiger partial charge in [0.15, 0.2) is 0 Å². The maximum atomic E-state index is 11.3. The first-order valence-corrected chi connectivity index (χ1v) is 5.37. The standard InChI is InChI=1S/C11H14BrNO2/c1-6-4-5-8(7(2)9(6)12)10(13)11(14)15-3/h4-5,10H,13H2,1-3H3. The molecular formula is C11H14BrNO2. The van der Waals surface area contributed by atoms with Gasteiger partial charge in [0.2, 0.25) is 0 Å². The predicted octanol–water partition coefficient (Wildman–Crippen LogP) is 2.24. The minimum atomic E-state index is -0.716. The van der Waals surface area contributed by atoms with E-state index in [9.17, 15) is 4.79 Å². The van der Waals surface area contributed by atoms with Crippen molar-refractivity contribution in [1.29, 1.82) is 0 Å². The highest BCUT2D eigenvalue weighted by molar-refractivity contribution is 9.10. The molecule has 0 fully saturated rings. The van der Waals surface area contributed by atoms with Crippen LogP contribution < -0.4 is 5.73 Å². The van der Waals surface area contributed by atoms with Crippen LogP contribution in [0.15, 0.2) is 16.6 Å². The minimum absolute atomic E-state index is 0.422. The van der Waals surface area contributed by atoms with Gasteiger partial charge in [0.05, 0.1) is 7.11 Å². The van der Waals surface area contributed by atoms with Gasteiger partial charge in [-0.15, -0.1) is 0 Å². The molecule has 3 nitrogen and oxygen atoms in total. The second-order valence-corrected chi connectivity index (χ2v) is 4.20. The number of rotatable bonds is 2. The van der Waals surface area contributed by atoms with Crippen molar-refractivity contribution < 1.29 is 9.53 Å². The molecule has 0 bridgehead atoms. The molecule has 4 heteroatoms. The fourth-order valence-corrected chi connectivity index (χ4v) is 1.79. The van der Waals surface area contributed by atoms with Crippen LogP contribution in [0.2, 0.25) is 0 Å². The quantitative estimate of drug-likeness (QED) is 0.840. The van der Waals surface area contributed by atoms with Gasteiger partial charge >= 0.3 is 5.97 Å². The first-order valence-electron chi connectivity index (χ1n) is 4.58. The van der Waals surface area contributed by atoms with E-state index in [4.69, 9.17) is 5.73 Å². The van der Waals surface area contributed by atoms with Crippen LogP contribution in [0.3, 0.4) is 0 Å². The van der Waals surface area contributed by atoms with Crippen LogP contribution in [0.25, 0.3) is 0 Å². The highest BCUT2D eigenvalue weighted by Crippen LogP contribution is 2.27. The number of halogens is 1. The Kier molecular flexibility index (Phi) is 3.88. The number of benzene rings is 1. The summed E-state index contributed by atoms with van der Waals surface area (Å²) in [6.07, 6.45) is 0. The zero-order valence-electron chi connectivity index (χ0n) is 9.00. The number of nitrogens with two attached hydrogens (primary N) is 1. The highest BCUT2D eigenvalue weighted by Gasteiger charge is 2.19. The molecule has 0 spiro atoms. The number of ether oxygens (including phenoxy) is 1. The molecule has 0 heterocycles. The second kappa shape index (κ2) is 4.77. The van der Waals surface area contributed by atoms with Gasteiger partial charge < -0.3 is 10.5 Å². The monoisotopic (exact) mass is 271 g/mol. The molecule has 0 saturated carbocycles. The van der Waals surface area contributed by atoms with E-state index in [0.717, 1.165) is 21.2 Å². The topological polar surface area (TPSA) is 52.3 Å². The molecule has 2 N–H and O–H groups in total. The predicted molar refractivity (Wildman–Crippen MR) is 62.6 cm³/mol. The van der Waals surface area contributed by atoms with Gasteiger partial charge in [0, 0.05) is 4.47 Å². The summed E-state index contributed by atoms with van der Waals surface area (Å²) in [5, 5.41) is 0. The third kappa shape index (κ3) is 2.38. The van der Waals surface area contributed by atoms with Crippen LogP contribution in [0.1, 0.15) is 22.7 Å². The Morgan fingerprint density at radius 1 is 1.47 bits per heavy atom. The van der Waals surface area contributed by atoms with Gasteiger partial charge in [-0.1, -0.05) is 28.1 Å². The van der Waals surface area contributed by atoms with Crippen molar-refractivity contribution in [3.05, 3.63) is 33.3 Å². The van der Waals surface area contributed by atoms with Gasteiger partial charge in [0.1, 0.15) is 6.04 Å². The smallest absolute Gasteiger partial charge is 0.327 e. The largest absolute Gasteiger partial charge is 0.468 e. The normalized spacial score (nSPS) is 12.3. The third-order valence-electron chi connectivity index (χ3n) is 2.41. The lowest BCUT2D eigenvalue weighted by atomic mass is 10.00. The van der Waals surface area contributed by atoms with E-state index in [1.165, 1.54) is 7.11 Å². The first-order chi connectivity index (χ1) is 6.99. The van der Waals surface area contributed by atoms with Gasteiger partial charge in [-0.05, 0) is 30.5 Å². The van der Waals surface area contributed by atoms with E-state index in [1.807, 2.05) is 26.0 Å². The van der Waals surface area contributed by atoms with Gasteiger partial charge in [0.25, 0.3) is 0 Å². The highest BCUT2D eigenvalue weighted by atomic mass is 79.9. The SMILES string of the molecule is COC(=O)C(N)c1ccc(C)c(Br)c1C. The lowest BCUT2D eigenvalue weighted by Gasteiger charge is -2.14. The average Bonchev–Trinajstić information content (AvgIpc) is 2.24. The molecule has 82 valence electrons. The van der Waals surface area contributed by atoms with E-state index >= 15 is 0 Å². The van der Waals surface area contributed by atoms with E-state index in [-0.39, 0.29) is 0 Å². The van der Waals surface area contributed by atoms with E-state index < -0.39 is 12.0 Å². The molecule has 1 aromatic rings. The molecule has 0 amide bonds. The average molecular weight is 272 g/mol. The maximum absolute atomic E-state index is 11.3. The lowest BCUT2D eigenvalue weighted by Crippen LogP contribution is -2.23. The molecule has 1 rings (SSSR count). The molecule has 0 saturated heterocycles. The van der Waals surface area contributed by atoms with Gasteiger partial charge in [-0.25, -0.2) is 0 Å². The molecule has 1 aromatic carbocycles. The Labute approximate surface area is 97.7 Å². The summed E-state index contributed by atoms with van der Waals surface area (Å²) in [4.78, 5) is 11.3. The molecule has 15 heavy (non-hydrogen) atoms. The number of aryl methyl sites for hydroxylation is 1. The van der Waals surface area contributed by atoms with Crippen molar-refractivity contribution in [2.75, 3.05) is 7.11 Å². The number of carbonyl (C=O) groups excluding carboxylic acids is 1. The summed E-state index contributed by atoms with van der Waals surface area (Å²) in [7, 11) is 1.33. The molecule has 1 unspecified atom stereocenters. The first kappa shape index (κ1) is 12.2. The Morgan fingerprint density at radius 2 is 2.07 bits per heavy atom. The number of carbonyl (C=O) groups is 1. The summed E-state index contributed by atoms with van der Waals surface area (Å²) in [5.41, 5.74) is 8.66. The van der Waals surface area contributed by atoms with Gasteiger partial charge in [-0.3, -0.25) is 4.79 Å². The fourth-order valence-electron chi connectivity index (χ4n) is 1.43. The summed E-state index contributed by atoms with van der Waals surface area (Å²) in [6.45, 7) is 3.92. The van der Waals surface area contributed by atoms with Crippen LogP contribution >= 0.6 is 15.9 Å². The van der Waals surface area contributed by atoms with E-state index in [1.54, 1.807) is 0 Å². The summed E-state index contributed by atoms with van der Waals surface area (Å²) in [6, 6.07) is 3.07. The van der Waals surface area contributed by atoms with Crippen molar-refractivity contribution >= 4 is 21.9 Å². The number of esters is 1. The van der Waals surface area contributed by atoms with Crippen molar-refractivity contribution in [1.82, 2.24) is 0 Å². The zero-order valence-corrected chi connectivity index (χ0v) is 10.6. The molecule has 1 atom stereocenters. The summed E-state index contributed by atoms with van der Waals surface area (Å²) in [5.74, 6) is -0.422. The van der Waals surface area contributed by atoms with Crippen molar-refractivity contribution in [3.63, 3.8) is 0 Å². The Balaban J connectivity index is 3.16. The number of methoxy groups -OCH3 is 1. The van der Waals surface area contributed by atoms with Crippen LogP contribution in [0.5, 0.6) is 0 Å². The molecule has 0 aliphatic rings. The summed E-state index contributed by atoms with van der Waals surface area (Å²) < 4.78 is 5.60. The van der Waals surface area contributed by atoms with Crippen molar-refractivity contribution in [2.24, 2.45) is 5.73 Å². The number of hydrogen-bond acceptors (Lipinski definition) is 3. The lowest BCUT2D eigenvalue weighted by molar-refractivity contribution is -0.142. The maximum Gasteiger partial charge on any atom is 0.327 e. The Bertz CT molecular complexity index is 390. The van der Waals surface area contributed by atoms with Crippen molar-refractivity contribution in [2.45, 2.75) is 19.9 Å². The van der Waals surface area contributed by atoms with Crippen LogP contribution in [0.4, 0.5) is 0 Å². The van der Waals surface area contributed by atoms with Crippen LogP contribution in [-0.2, 0) is 9.53 Å². The van der Waals surface area contributed by atoms with E-state index in [2.05, 4.69) is 20.7 Å². The Morgan fingerprint density at radius 3 is 2.60 bits per heavy atom. The summed E-state index contributed by atoms with van der Waals surface area (Å²) >= 11 is 3.46. The third-order valence-corrected chi connectivity index (χ3v) is 3.63. The van der Waals surface area contributed by atoms with Crippen LogP contribution in [0, 0.1) is 13.8 Å². The minimum Gasteiger partial charge on any atom is -0.468 e. The fraction of sp³-hybridized carbons (Fsp3) is 0.364. The molecule has 0 radical (unpaired) electrons. The van der Waals surface area contributed by atoms with Crippen molar-refractivity contribution in [3.8, 4) is 0 Å². The number of hydrogen-bond donors (Lipinski definition) is 1.